The Morgan fingerprint density at radius 3 is 2.23 bits per heavy atom. The smallest absolute Gasteiger partial charge is 0.340 e. The summed E-state index contributed by atoms with van der Waals surface area (Å²) in [4.78, 5) is 25.6. The zero-order valence-corrected chi connectivity index (χ0v) is 27.4. The summed E-state index contributed by atoms with van der Waals surface area (Å²) in [6, 6.07) is 14.3. The van der Waals surface area contributed by atoms with Gasteiger partial charge in [-0.05, 0) is 77.5 Å². The highest BCUT2D eigenvalue weighted by Gasteiger charge is 2.37. The molecular weight excluding hydrogens is 538 g/mol. The minimum Gasteiger partial charge on any atom is -0.491 e. The van der Waals surface area contributed by atoms with Crippen molar-refractivity contribution >= 4 is 11.7 Å². The minimum atomic E-state index is -0.929. The Morgan fingerprint density at radius 1 is 0.977 bits per heavy atom. The van der Waals surface area contributed by atoms with Gasteiger partial charge in [-0.2, -0.15) is 0 Å². The normalized spacial score (nSPS) is 16.6. The summed E-state index contributed by atoms with van der Waals surface area (Å²) in [7, 11) is 0. The summed E-state index contributed by atoms with van der Waals surface area (Å²) in [5.74, 6) is 0.558. The fraction of sp³-hybridized carbons (Fsp3) is 0.528. The van der Waals surface area contributed by atoms with Gasteiger partial charge in [-0.15, -0.1) is 0 Å². The molecule has 7 heteroatoms. The lowest BCUT2D eigenvalue weighted by Crippen LogP contribution is -2.39. The summed E-state index contributed by atoms with van der Waals surface area (Å²) in [6.07, 6.45) is 4.51. The van der Waals surface area contributed by atoms with Crippen molar-refractivity contribution in [2.24, 2.45) is 5.41 Å². The van der Waals surface area contributed by atoms with E-state index in [4.69, 9.17) is 24.2 Å². The Labute approximate surface area is 258 Å². The predicted molar refractivity (Wildman–Crippen MR) is 173 cm³/mol. The first-order valence-electron chi connectivity index (χ1n) is 15.5. The predicted octanol–water partition coefficient (Wildman–Crippen LogP) is 8.07. The number of benzene rings is 1. The Balaban J connectivity index is 1.73. The van der Waals surface area contributed by atoms with Gasteiger partial charge in [-0.25, -0.2) is 4.79 Å². The third-order valence-corrected chi connectivity index (χ3v) is 7.90. The number of carbonyl (C=O) groups excluding carboxylic acids is 1. The fourth-order valence-corrected chi connectivity index (χ4v) is 5.38. The number of esters is 1. The minimum absolute atomic E-state index is 0.255. The first-order valence-corrected chi connectivity index (χ1v) is 15.5. The highest BCUT2D eigenvalue weighted by molar-refractivity contribution is 5.86. The van der Waals surface area contributed by atoms with Crippen LogP contribution in [-0.4, -0.2) is 47.3 Å². The molecule has 0 N–H and O–H groups in total. The molecule has 0 amide bonds. The fourth-order valence-electron chi connectivity index (χ4n) is 5.38. The monoisotopic (exact) mass is 587 g/mol. The molecule has 0 aliphatic carbocycles. The molecule has 1 aliphatic heterocycles. The van der Waals surface area contributed by atoms with E-state index < -0.39 is 17.7 Å². The maximum Gasteiger partial charge on any atom is 0.340 e. The second kappa shape index (κ2) is 13.5. The van der Waals surface area contributed by atoms with Gasteiger partial charge in [-0.1, -0.05) is 51.1 Å². The molecule has 232 valence electrons. The van der Waals surface area contributed by atoms with Crippen molar-refractivity contribution in [2.75, 3.05) is 24.6 Å². The van der Waals surface area contributed by atoms with E-state index in [1.54, 1.807) is 6.20 Å². The molecule has 43 heavy (non-hydrogen) atoms. The molecule has 1 aliphatic rings. The summed E-state index contributed by atoms with van der Waals surface area (Å²) in [5, 5.41) is 0. The Kier molecular flexibility index (Phi) is 10.2. The molecule has 1 fully saturated rings. The summed E-state index contributed by atoms with van der Waals surface area (Å²) in [5.41, 5.74) is 4.97. The van der Waals surface area contributed by atoms with Crippen LogP contribution in [-0.2, 0) is 14.3 Å². The van der Waals surface area contributed by atoms with Gasteiger partial charge >= 0.3 is 5.97 Å². The molecule has 0 radical (unpaired) electrons. The van der Waals surface area contributed by atoms with Crippen LogP contribution in [0.5, 0.6) is 5.75 Å². The van der Waals surface area contributed by atoms with Crippen LogP contribution in [0.15, 0.2) is 54.9 Å². The molecule has 3 aromatic rings. The van der Waals surface area contributed by atoms with Crippen LogP contribution in [0, 0.1) is 12.3 Å². The quantitative estimate of drug-likeness (QED) is 0.222. The van der Waals surface area contributed by atoms with Gasteiger partial charge < -0.3 is 19.1 Å². The molecule has 2 atom stereocenters. The Morgan fingerprint density at radius 2 is 1.65 bits per heavy atom. The van der Waals surface area contributed by atoms with Gasteiger partial charge in [-0.3, -0.25) is 9.97 Å². The van der Waals surface area contributed by atoms with Crippen LogP contribution < -0.4 is 9.64 Å². The second-order valence-corrected chi connectivity index (χ2v) is 13.8. The first kappa shape index (κ1) is 32.5. The summed E-state index contributed by atoms with van der Waals surface area (Å²) < 4.78 is 18.3. The van der Waals surface area contributed by atoms with Gasteiger partial charge in [0.2, 0.25) is 0 Å². The third kappa shape index (κ3) is 8.56. The molecule has 0 spiro atoms. The maximum absolute atomic E-state index is 13.6. The number of aromatic nitrogens is 2. The van der Waals surface area contributed by atoms with E-state index in [0.717, 1.165) is 54.1 Å². The molecule has 2 aromatic heterocycles. The van der Waals surface area contributed by atoms with Gasteiger partial charge in [0.1, 0.15) is 5.75 Å². The third-order valence-electron chi connectivity index (χ3n) is 7.90. The van der Waals surface area contributed by atoms with Crippen LogP contribution in [0.3, 0.4) is 0 Å². The average molecular weight is 588 g/mol. The van der Waals surface area contributed by atoms with Crippen molar-refractivity contribution in [1.29, 1.82) is 0 Å². The van der Waals surface area contributed by atoms with Crippen LogP contribution in [0.4, 0.5) is 5.69 Å². The Hall–Kier alpha value is -3.45. The number of hydrogen-bond donors (Lipinski definition) is 0. The topological polar surface area (TPSA) is 73.8 Å². The van der Waals surface area contributed by atoms with E-state index in [0.29, 0.717) is 12.4 Å². The number of aryl methyl sites for hydroxylation is 1. The molecule has 0 saturated carbocycles. The SMILES string of the molecule is Cc1ncc(-c2ccc(OC[C@H](C)c3ccccc3)cn2)c(N2CCC(C)(C)CC2)c1[C@@H](OC(C)(C)C)C(=O)OC(C)C. The lowest BCUT2D eigenvalue weighted by Gasteiger charge is -2.41. The standard InChI is InChI=1S/C36H49N3O4/c1-24(2)42-34(40)33(43-35(5,6)7)31-26(4)37-22-29(32(31)39-19-17-36(8,9)18-20-39)30-16-15-28(21-38-30)41-23-25(3)27-13-11-10-12-14-27/h10-16,21-22,24-25,33H,17-20,23H2,1-9H3/t25-,33+/m0/s1. The molecule has 4 rings (SSSR count). The second-order valence-electron chi connectivity index (χ2n) is 13.8. The van der Waals surface area contributed by atoms with Gasteiger partial charge in [0, 0.05) is 42.0 Å². The molecule has 1 aromatic carbocycles. The number of piperidine rings is 1. The number of anilines is 1. The van der Waals surface area contributed by atoms with E-state index >= 15 is 0 Å². The zero-order chi connectivity index (χ0) is 31.4. The van der Waals surface area contributed by atoms with Crippen molar-refractivity contribution in [1.82, 2.24) is 9.97 Å². The number of rotatable bonds is 10. The number of nitrogens with zero attached hydrogens (tertiary/aromatic N) is 3. The number of hydrogen-bond acceptors (Lipinski definition) is 7. The van der Waals surface area contributed by atoms with Crippen LogP contribution in [0.25, 0.3) is 11.3 Å². The van der Waals surface area contributed by atoms with Crippen LogP contribution in [0.1, 0.15) is 97.1 Å². The van der Waals surface area contributed by atoms with E-state index in [1.165, 1.54) is 5.56 Å². The molecule has 0 unspecified atom stereocenters. The van der Waals surface area contributed by atoms with Crippen molar-refractivity contribution < 1.29 is 19.0 Å². The van der Waals surface area contributed by atoms with Crippen molar-refractivity contribution in [3.63, 3.8) is 0 Å². The average Bonchev–Trinajstić information content (AvgIpc) is 2.95. The van der Waals surface area contributed by atoms with E-state index in [9.17, 15) is 4.79 Å². The van der Waals surface area contributed by atoms with Crippen LogP contribution in [0.2, 0.25) is 0 Å². The largest absolute Gasteiger partial charge is 0.491 e. The lowest BCUT2D eigenvalue weighted by atomic mass is 9.82. The summed E-state index contributed by atoms with van der Waals surface area (Å²) >= 11 is 0. The van der Waals surface area contributed by atoms with E-state index in [-0.39, 0.29) is 17.4 Å². The maximum atomic E-state index is 13.6. The molecule has 1 saturated heterocycles. The molecular formula is C36H49N3O4. The number of pyridine rings is 2. The van der Waals surface area contributed by atoms with E-state index in [1.807, 2.05) is 78.1 Å². The first-order chi connectivity index (χ1) is 20.2. The number of carbonyl (C=O) groups is 1. The zero-order valence-electron chi connectivity index (χ0n) is 27.4. The van der Waals surface area contributed by atoms with Gasteiger partial charge in [0.05, 0.1) is 35.9 Å². The molecule has 7 nitrogen and oxygen atoms in total. The molecule has 0 bridgehead atoms. The highest BCUT2D eigenvalue weighted by Crippen LogP contribution is 2.43. The summed E-state index contributed by atoms with van der Waals surface area (Å²) in [6.45, 7) is 20.6. The van der Waals surface area contributed by atoms with Crippen molar-refractivity contribution in [3.8, 4) is 17.0 Å². The number of ether oxygens (including phenoxy) is 3. The van der Waals surface area contributed by atoms with Crippen molar-refractivity contribution in [2.45, 2.75) is 98.9 Å². The van der Waals surface area contributed by atoms with Gasteiger partial charge in [0.15, 0.2) is 6.10 Å². The lowest BCUT2D eigenvalue weighted by molar-refractivity contribution is -0.171. The molecule has 3 heterocycles. The van der Waals surface area contributed by atoms with Crippen LogP contribution >= 0.6 is 0 Å². The highest BCUT2D eigenvalue weighted by atomic mass is 16.6. The van der Waals surface area contributed by atoms with Crippen molar-refractivity contribution in [3.05, 3.63) is 71.7 Å². The van der Waals surface area contributed by atoms with E-state index in [2.05, 4.69) is 37.8 Å². The Bertz CT molecular complexity index is 1350. The van der Waals surface area contributed by atoms with Gasteiger partial charge in [0.25, 0.3) is 0 Å².